The Balaban J connectivity index is 1.82. The van der Waals surface area contributed by atoms with E-state index in [-0.39, 0.29) is 17.5 Å². The average Bonchev–Trinajstić information content (AvgIpc) is 3.12. The molecule has 3 rings (SSSR count). The van der Waals surface area contributed by atoms with Crippen LogP contribution in [0.5, 0.6) is 11.5 Å². The van der Waals surface area contributed by atoms with Crippen molar-refractivity contribution >= 4 is 29.6 Å². The Morgan fingerprint density at radius 1 is 1.20 bits per heavy atom. The Morgan fingerprint density at radius 3 is 2.50 bits per heavy atom. The van der Waals surface area contributed by atoms with Crippen molar-refractivity contribution < 1.29 is 14.3 Å². The number of hydrogen-bond donors (Lipinski definition) is 3. The second-order valence-corrected chi connectivity index (χ2v) is 6.99. The number of amidine groups is 1. The molecule has 8 nitrogen and oxygen atoms in total. The number of rotatable bonds is 7. The summed E-state index contributed by atoms with van der Waals surface area (Å²) in [6.45, 7) is 2.63. The smallest absolute Gasteiger partial charge is 0.248 e. The van der Waals surface area contributed by atoms with Gasteiger partial charge in [0.1, 0.15) is 17.3 Å². The molecular weight excluding hydrogens is 382 g/mol. The second kappa shape index (κ2) is 9.13. The molecule has 2 amide bonds. The van der Waals surface area contributed by atoms with E-state index >= 15 is 0 Å². The monoisotopic (exact) mass is 405 g/mol. The average molecular weight is 405 g/mol. The highest BCUT2D eigenvalue weighted by atomic mass is 16.5. The number of ether oxygens (including phenoxy) is 1. The number of carbonyl (C=O) groups excluding carboxylic acids is 2. The van der Waals surface area contributed by atoms with Gasteiger partial charge >= 0.3 is 0 Å². The molecule has 8 heteroatoms. The summed E-state index contributed by atoms with van der Waals surface area (Å²) in [6.07, 6.45) is 2.70. The first kappa shape index (κ1) is 20.9. The van der Waals surface area contributed by atoms with Gasteiger partial charge in [-0.15, -0.1) is 0 Å². The number of benzene rings is 2. The van der Waals surface area contributed by atoms with Crippen LogP contribution >= 0.6 is 0 Å². The summed E-state index contributed by atoms with van der Waals surface area (Å²) in [5.74, 6) is 0.632. The third-order valence-corrected chi connectivity index (χ3v) is 4.66. The molecule has 2 aromatic carbocycles. The van der Waals surface area contributed by atoms with E-state index in [2.05, 4.69) is 4.99 Å². The van der Waals surface area contributed by atoms with Gasteiger partial charge in [0.15, 0.2) is 0 Å². The van der Waals surface area contributed by atoms with Crippen molar-refractivity contribution in [2.75, 3.05) is 6.54 Å². The molecule has 2 aromatic rings. The van der Waals surface area contributed by atoms with Crippen molar-refractivity contribution in [2.45, 2.75) is 26.3 Å². The lowest BCUT2D eigenvalue weighted by Gasteiger charge is -2.19. The van der Waals surface area contributed by atoms with E-state index < -0.39 is 5.91 Å². The van der Waals surface area contributed by atoms with Crippen LogP contribution in [0.2, 0.25) is 0 Å². The summed E-state index contributed by atoms with van der Waals surface area (Å²) in [7, 11) is 0. The van der Waals surface area contributed by atoms with Gasteiger partial charge in [0.05, 0.1) is 11.9 Å². The molecule has 0 bridgehead atoms. The lowest BCUT2D eigenvalue weighted by Crippen LogP contribution is -2.24. The fraction of sp³-hybridized carbons (Fsp3) is 0.227. The third-order valence-electron chi connectivity index (χ3n) is 4.66. The zero-order valence-corrected chi connectivity index (χ0v) is 16.6. The highest BCUT2D eigenvalue weighted by molar-refractivity contribution is 6.38. The van der Waals surface area contributed by atoms with Crippen molar-refractivity contribution in [3.05, 3.63) is 59.2 Å². The largest absolute Gasteiger partial charge is 0.457 e. The Hall–Kier alpha value is -3.81. The minimum absolute atomic E-state index is 0.101. The van der Waals surface area contributed by atoms with Crippen molar-refractivity contribution in [3.8, 4) is 11.5 Å². The topological polar surface area (TPSA) is 133 Å². The Morgan fingerprint density at radius 2 is 1.90 bits per heavy atom. The number of hydrogen-bond acceptors (Lipinski definition) is 5. The summed E-state index contributed by atoms with van der Waals surface area (Å²) in [5.41, 5.74) is 7.30. The van der Waals surface area contributed by atoms with Crippen LogP contribution in [0.1, 0.15) is 41.3 Å². The third kappa shape index (κ3) is 5.16. The minimum Gasteiger partial charge on any atom is -0.457 e. The first-order valence-corrected chi connectivity index (χ1v) is 9.50. The van der Waals surface area contributed by atoms with Crippen LogP contribution in [0.3, 0.4) is 0 Å². The van der Waals surface area contributed by atoms with Crippen molar-refractivity contribution in [1.82, 2.24) is 4.90 Å². The van der Waals surface area contributed by atoms with Crippen LogP contribution in [0.25, 0.3) is 0 Å². The summed E-state index contributed by atoms with van der Waals surface area (Å²) < 4.78 is 5.99. The summed E-state index contributed by atoms with van der Waals surface area (Å²) >= 11 is 0. The fourth-order valence-electron chi connectivity index (χ4n) is 3.08. The summed E-state index contributed by atoms with van der Waals surface area (Å²) in [4.78, 5) is 29.2. The SMILES string of the molecule is CC(=N)N=CC(=N)c1ccc(Oc2cc(C(N)=O)ccc2CN2CCCC2=O)cc1. The molecule has 0 aliphatic carbocycles. The van der Waals surface area contributed by atoms with Gasteiger partial charge < -0.3 is 15.4 Å². The quantitative estimate of drug-likeness (QED) is 0.483. The molecule has 30 heavy (non-hydrogen) atoms. The molecule has 1 aliphatic heterocycles. The highest BCUT2D eigenvalue weighted by Crippen LogP contribution is 2.29. The minimum atomic E-state index is -0.562. The number of nitrogens with zero attached hydrogens (tertiary/aromatic N) is 2. The first-order chi connectivity index (χ1) is 14.3. The zero-order chi connectivity index (χ0) is 21.7. The second-order valence-electron chi connectivity index (χ2n) is 6.99. The van der Waals surface area contributed by atoms with Gasteiger partial charge in [0.2, 0.25) is 11.8 Å². The number of likely N-dealkylation sites (tertiary alicyclic amines) is 1. The molecular formula is C22H23N5O3. The maximum Gasteiger partial charge on any atom is 0.248 e. The number of primary amides is 1. The van der Waals surface area contributed by atoms with E-state index in [1.807, 2.05) is 0 Å². The number of amides is 2. The predicted molar refractivity (Wildman–Crippen MR) is 115 cm³/mol. The molecule has 0 atom stereocenters. The summed E-state index contributed by atoms with van der Waals surface area (Å²) in [6, 6.07) is 11.8. The molecule has 0 spiro atoms. The summed E-state index contributed by atoms with van der Waals surface area (Å²) in [5, 5.41) is 15.3. The Bertz CT molecular complexity index is 1030. The maximum atomic E-state index is 12.0. The van der Waals surface area contributed by atoms with Crippen molar-refractivity contribution in [2.24, 2.45) is 10.7 Å². The van der Waals surface area contributed by atoms with Gasteiger partial charge in [-0.05, 0) is 49.7 Å². The molecule has 0 radical (unpaired) electrons. The standard InChI is InChI=1S/C22H23N5O3/c1-14(23)26-12-19(24)15-6-8-18(9-7-15)30-20-11-16(22(25)29)4-5-17(20)13-27-10-2-3-21(27)28/h4-9,11-12,23-24H,2-3,10,13H2,1H3,(H2,25,29). The molecule has 0 aromatic heterocycles. The first-order valence-electron chi connectivity index (χ1n) is 9.50. The lowest BCUT2D eigenvalue weighted by atomic mass is 10.1. The van der Waals surface area contributed by atoms with E-state index in [9.17, 15) is 9.59 Å². The normalized spacial score (nSPS) is 13.6. The molecule has 0 unspecified atom stereocenters. The van der Waals surface area contributed by atoms with E-state index in [4.69, 9.17) is 21.3 Å². The van der Waals surface area contributed by atoms with E-state index in [1.54, 1.807) is 47.4 Å². The van der Waals surface area contributed by atoms with Crippen LogP contribution < -0.4 is 10.5 Å². The van der Waals surface area contributed by atoms with E-state index in [0.717, 1.165) is 12.0 Å². The predicted octanol–water partition coefficient (Wildman–Crippen LogP) is 3.14. The number of aliphatic imine (C=N–C) groups is 1. The molecule has 0 saturated carbocycles. The maximum absolute atomic E-state index is 12.0. The van der Waals surface area contributed by atoms with Gasteiger partial charge in [-0.3, -0.25) is 20.4 Å². The van der Waals surface area contributed by atoms with Gasteiger partial charge in [0.25, 0.3) is 0 Å². The van der Waals surface area contributed by atoms with Crippen molar-refractivity contribution in [3.63, 3.8) is 0 Å². The Kier molecular flexibility index (Phi) is 6.36. The number of carbonyl (C=O) groups is 2. The molecule has 1 fully saturated rings. The van der Waals surface area contributed by atoms with Crippen LogP contribution in [-0.4, -0.2) is 41.0 Å². The van der Waals surface area contributed by atoms with Gasteiger partial charge in [-0.1, -0.05) is 6.07 Å². The van der Waals surface area contributed by atoms with Gasteiger partial charge in [0, 0.05) is 36.2 Å². The fourth-order valence-corrected chi connectivity index (χ4v) is 3.08. The Labute approximate surface area is 174 Å². The van der Waals surface area contributed by atoms with Crippen LogP contribution in [0.4, 0.5) is 0 Å². The van der Waals surface area contributed by atoms with E-state index in [1.165, 1.54) is 13.1 Å². The molecule has 1 saturated heterocycles. The molecule has 1 heterocycles. The number of nitrogens with one attached hydrogen (secondary N) is 2. The van der Waals surface area contributed by atoms with Crippen LogP contribution in [0.15, 0.2) is 47.5 Å². The van der Waals surface area contributed by atoms with Gasteiger partial charge in [-0.2, -0.15) is 0 Å². The van der Waals surface area contributed by atoms with Crippen molar-refractivity contribution in [1.29, 1.82) is 10.8 Å². The van der Waals surface area contributed by atoms with Crippen LogP contribution in [-0.2, 0) is 11.3 Å². The zero-order valence-electron chi connectivity index (χ0n) is 16.6. The van der Waals surface area contributed by atoms with E-state index in [0.29, 0.717) is 42.1 Å². The molecule has 4 N–H and O–H groups in total. The number of nitrogens with two attached hydrogens (primary N) is 1. The molecule has 1 aliphatic rings. The molecule has 154 valence electrons. The van der Waals surface area contributed by atoms with Gasteiger partial charge in [-0.25, -0.2) is 4.99 Å². The van der Waals surface area contributed by atoms with Crippen LogP contribution in [0, 0.1) is 10.8 Å². The lowest BCUT2D eigenvalue weighted by molar-refractivity contribution is -0.128. The highest BCUT2D eigenvalue weighted by Gasteiger charge is 2.22.